The van der Waals surface area contributed by atoms with Crippen molar-refractivity contribution in [3.63, 3.8) is 0 Å². The Hall–Kier alpha value is -1.55. The quantitative estimate of drug-likeness (QED) is 0.884. The predicted octanol–water partition coefficient (Wildman–Crippen LogP) is 2.22. The first-order chi connectivity index (χ1) is 9.83. The molecule has 2 aliphatic heterocycles. The zero-order valence-corrected chi connectivity index (χ0v) is 11.9. The van der Waals surface area contributed by atoms with Gasteiger partial charge in [-0.15, -0.1) is 0 Å². The molecule has 0 aliphatic carbocycles. The monoisotopic (exact) mass is 273 g/mol. The van der Waals surface area contributed by atoms with Crippen molar-refractivity contribution in [1.29, 1.82) is 0 Å². The minimum atomic E-state index is 0.250. The van der Waals surface area contributed by atoms with E-state index in [9.17, 15) is 4.79 Å². The molecule has 4 nitrogen and oxygen atoms in total. The summed E-state index contributed by atoms with van der Waals surface area (Å²) < 4.78 is 0. The first kappa shape index (κ1) is 13.4. The Morgan fingerprint density at radius 1 is 1.30 bits per heavy atom. The number of amides is 1. The molecule has 2 fully saturated rings. The average molecular weight is 273 g/mol. The van der Waals surface area contributed by atoms with Crippen LogP contribution in [0.1, 0.15) is 25.7 Å². The lowest BCUT2D eigenvalue weighted by atomic mass is 9.98. The maximum absolute atomic E-state index is 11.8. The van der Waals surface area contributed by atoms with Crippen molar-refractivity contribution < 1.29 is 4.79 Å². The van der Waals surface area contributed by atoms with Crippen molar-refractivity contribution in [2.75, 3.05) is 36.4 Å². The third-order valence-electron chi connectivity index (χ3n) is 4.28. The summed E-state index contributed by atoms with van der Waals surface area (Å²) in [4.78, 5) is 13.7. The van der Waals surface area contributed by atoms with Crippen LogP contribution in [0.5, 0.6) is 0 Å². The third kappa shape index (κ3) is 3.12. The van der Waals surface area contributed by atoms with Crippen LogP contribution in [0.25, 0.3) is 0 Å². The van der Waals surface area contributed by atoms with Crippen molar-refractivity contribution in [3.05, 3.63) is 24.3 Å². The van der Waals surface area contributed by atoms with Crippen LogP contribution < -0.4 is 15.5 Å². The summed E-state index contributed by atoms with van der Waals surface area (Å²) in [6.45, 7) is 4.15. The van der Waals surface area contributed by atoms with Crippen molar-refractivity contribution in [3.8, 4) is 0 Å². The Morgan fingerprint density at radius 2 is 2.15 bits per heavy atom. The molecule has 108 valence electrons. The second kappa shape index (κ2) is 6.27. The van der Waals surface area contributed by atoms with Crippen molar-refractivity contribution in [1.82, 2.24) is 5.32 Å². The molecular weight excluding hydrogens is 250 g/mol. The molecule has 0 bridgehead atoms. The van der Waals surface area contributed by atoms with E-state index in [4.69, 9.17) is 0 Å². The highest BCUT2D eigenvalue weighted by Crippen LogP contribution is 2.24. The summed E-state index contributed by atoms with van der Waals surface area (Å²) in [5, 5.41) is 6.92. The van der Waals surface area contributed by atoms with E-state index in [0.29, 0.717) is 6.42 Å². The Labute approximate surface area is 120 Å². The number of nitrogens with one attached hydrogen (secondary N) is 2. The molecule has 20 heavy (non-hydrogen) atoms. The highest BCUT2D eigenvalue weighted by molar-refractivity contribution is 5.95. The third-order valence-corrected chi connectivity index (χ3v) is 4.28. The molecule has 3 rings (SSSR count). The van der Waals surface area contributed by atoms with Gasteiger partial charge in [0, 0.05) is 30.9 Å². The van der Waals surface area contributed by atoms with Gasteiger partial charge < -0.3 is 15.5 Å². The van der Waals surface area contributed by atoms with Crippen LogP contribution in [0, 0.1) is 5.92 Å². The summed E-state index contributed by atoms with van der Waals surface area (Å²) in [7, 11) is 0. The minimum absolute atomic E-state index is 0.250. The summed E-state index contributed by atoms with van der Waals surface area (Å²) >= 11 is 0. The zero-order chi connectivity index (χ0) is 13.8. The van der Waals surface area contributed by atoms with Crippen molar-refractivity contribution >= 4 is 17.3 Å². The molecule has 0 aromatic heterocycles. The number of hydrogen-bond donors (Lipinski definition) is 2. The maximum atomic E-state index is 11.8. The molecule has 0 unspecified atom stereocenters. The molecule has 0 atom stereocenters. The first-order valence-corrected chi connectivity index (χ1v) is 7.68. The van der Waals surface area contributed by atoms with Crippen LogP contribution in [-0.4, -0.2) is 32.1 Å². The summed E-state index contributed by atoms with van der Waals surface area (Å²) in [5.74, 6) is 1.01. The lowest BCUT2D eigenvalue weighted by Crippen LogP contribution is -2.31. The smallest absolute Gasteiger partial charge is 0.227 e. The number of rotatable bonds is 4. The van der Waals surface area contributed by atoms with E-state index in [1.807, 2.05) is 17.0 Å². The highest BCUT2D eigenvalue weighted by atomic mass is 16.2. The van der Waals surface area contributed by atoms with Crippen LogP contribution in [0.2, 0.25) is 0 Å². The molecule has 1 aromatic carbocycles. The topological polar surface area (TPSA) is 44.4 Å². The van der Waals surface area contributed by atoms with Gasteiger partial charge in [0.2, 0.25) is 5.91 Å². The zero-order valence-electron chi connectivity index (χ0n) is 11.9. The van der Waals surface area contributed by atoms with E-state index in [1.54, 1.807) is 0 Å². The second-order valence-electron chi connectivity index (χ2n) is 5.77. The molecule has 1 aromatic rings. The van der Waals surface area contributed by atoms with Gasteiger partial charge in [0.25, 0.3) is 0 Å². The van der Waals surface area contributed by atoms with Crippen molar-refractivity contribution in [2.45, 2.75) is 25.7 Å². The number of piperidine rings is 1. The molecule has 0 spiro atoms. The Bertz CT molecular complexity index is 469. The van der Waals surface area contributed by atoms with Gasteiger partial charge in [0.15, 0.2) is 0 Å². The van der Waals surface area contributed by atoms with Gasteiger partial charge in [-0.25, -0.2) is 0 Å². The molecule has 4 heteroatoms. The van der Waals surface area contributed by atoms with Gasteiger partial charge in [-0.1, -0.05) is 6.07 Å². The first-order valence-electron chi connectivity index (χ1n) is 7.68. The molecule has 2 saturated heterocycles. The summed E-state index contributed by atoms with van der Waals surface area (Å²) in [6, 6.07) is 8.25. The predicted molar refractivity (Wildman–Crippen MR) is 82.1 cm³/mol. The number of benzene rings is 1. The number of nitrogens with zero attached hydrogens (tertiary/aromatic N) is 1. The molecular formula is C16H23N3O. The van der Waals surface area contributed by atoms with Crippen LogP contribution in [0.3, 0.4) is 0 Å². The molecule has 2 aliphatic rings. The van der Waals surface area contributed by atoms with Crippen LogP contribution >= 0.6 is 0 Å². The number of carbonyl (C=O) groups excluding carboxylic acids is 1. The maximum Gasteiger partial charge on any atom is 0.227 e. The van der Waals surface area contributed by atoms with E-state index in [0.717, 1.165) is 49.9 Å². The largest absolute Gasteiger partial charge is 0.385 e. The second-order valence-corrected chi connectivity index (χ2v) is 5.77. The average Bonchev–Trinajstić information content (AvgIpc) is 2.93. The molecule has 2 N–H and O–H groups in total. The van der Waals surface area contributed by atoms with Crippen LogP contribution in [0.15, 0.2) is 24.3 Å². The van der Waals surface area contributed by atoms with E-state index in [2.05, 4.69) is 22.8 Å². The van der Waals surface area contributed by atoms with Gasteiger partial charge in [0.05, 0.1) is 0 Å². The van der Waals surface area contributed by atoms with Gasteiger partial charge in [-0.3, -0.25) is 4.79 Å². The summed E-state index contributed by atoms with van der Waals surface area (Å²) in [6.07, 6.45) is 4.16. The van der Waals surface area contributed by atoms with Crippen LogP contribution in [0.4, 0.5) is 11.4 Å². The van der Waals surface area contributed by atoms with E-state index in [1.165, 1.54) is 12.8 Å². The van der Waals surface area contributed by atoms with Crippen molar-refractivity contribution in [2.24, 2.45) is 5.92 Å². The van der Waals surface area contributed by atoms with Crippen LogP contribution in [-0.2, 0) is 4.79 Å². The van der Waals surface area contributed by atoms with E-state index in [-0.39, 0.29) is 5.91 Å². The fraction of sp³-hybridized carbons (Fsp3) is 0.562. The molecule has 1 amide bonds. The Balaban J connectivity index is 1.60. The highest BCUT2D eigenvalue weighted by Gasteiger charge is 2.21. The molecule has 2 heterocycles. The number of hydrogen-bond acceptors (Lipinski definition) is 3. The van der Waals surface area contributed by atoms with Gasteiger partial charge in [0.1, 0.15) is 0 Å². The van der Waals surface area contributed by atoms with E-state index < -0.39 is 0 Å². The molecule has 0 radical (unpaired) electrons. The van der Waals surface area contributed by atoms with Gasteiger partial charge in [-0.2, -0.15) is 0 Å². The Kier molecular flexibility index (Phi) is 4.21. The normalized spacial score (nSPS) is 20.4. The summed E-state index contributed by atoms with van der Waals surface area (Å²) in [5.41, 5.74) is 2.16. The molecule has 0 saturated carbocycles. The lowest BCUT2D eigenvalue weighted by Gasteiger charge is -2.23. The number of anilines is 2. The van der Waals surface area contributed by atoms with Gasteiger partial charge >= 0.3 is 0 Å². The Morgan fingerprint density at radius 3 is 2.90 bits per heavy atom. The SMILES string of the molecule is O=C1CCCN1c1cccc(NCC2CCNCC2)c1. The number of carbonyl (C=O) groups is 1. The fourth-order valence-corrected chi connectivity index (χ4v) is 3.05. The minimum Gasteiger partial charge on any atom is -0.385 e. The standard InChI is InChI=1S/C16H23N3O/c20-16-5-2-10-19(16)15-4-1-3-14(11-15)18-12-13-6-8-17-9-7-13/h1,3-4,11,13,17-18H,2,5-10,12H2. The fourth-order valence-electron chi connectivity index (χ4n) is 3.05. The van der Waals surface area contributed by atoms with Gasteiger partial charge in [-0.05, 0) is 56.5 Å². The van der Waals surface area contributed by atoms with E-state index >= 15 is 0 Å². The lowest BCUT2D eigenvalue weighted by molar-refractivity contribution is -0.117.